The summed E-state index contributed by atoms with van der Waals surface area (Å²) in [6.07, 6.45) is 2.67. The molecule has 1 aliphatic rings. The normalized spacial score (nSPS) is 13.9. The number of methoxy groups -OCH3 is 1. The number of rotatable bonds is 9. The van der Waals surface area contributed by atoms with Crippen molar-refractivity contribution in [2.45, 2.75) is 16.5 Å². The molecule has 1 aliphatic heterocycles. The zero-order valence-electron chi connectivity index (χ0n) is 19.6. The van der Waals surface area contributed by atoms with Gasteiger partial charge in [-0.3, -0.25) is 4.79 Å². The number of halogens is 1. The Bertz CT molecular complexity index is 1290. The molecule has 36 heavy (non-hydrogen) atoms. The number of nitrogens with one attached hydrogen (secondary N) is 1. The number of amides is 1. The van der Waals surface area contributed by atoms with Crippen molar-refractivity contribution < 1.29 is 9.53 Å². The molecular weight excluding hydrogens is 498 g/mol. The highest BCUT2D eigenvalue weighted by Gasteiger charge is 2.18. The minimum Gasteiger partial charge on any atom is -0.400 e. The summed E-state index contributed by atoms with van der Waals surface area (Å²) in [5.74, 6) is 1.19. The molecule has 11 heteroatoms. The second-order valence-corrected chi connectivity index (χ2v) is 9.40. The van der Waals surface area contributed by atoms with E-state index >= 15 is 0 Å². The number of nitrogens with two attached hydrogens (primary N) is 2. The Labute approximate surface area is 218 Å². The van der Waals surface area contributed by atoms with Crippen LogP contribution in [-0.4, -0.2) is 48.5 Å². The average Bonchev–Trinajstić information content (AvgIpc) is 2.79. The fraction of sp³-hybridized carbons (Fsp3) is 0.200. The maximum Gasteiger partial charge on any atom is 0.257 e. The molecule has 0 unspecified atom stereocenters. The van der Waals surface area contributed by atoms with Crippen LogP contribution in [0.25, 0.3) is 0 Å². The molecule has 1 amide bonds. The van der Waals surface area contributed by atoms with Crippen molar-refractivity contribution in [1.29, 1.82) is 0 Å². The Kier molecular flexibility index (Phi) is 8.42. The van der Waals surface area contributed by atoms with Gasteiger partial charge < -0.3 is 26.4 Å². The Morgan fingerprint density at radius 1 is 1.19 bits per heavy atom. The molecule has 186 valence electrons. The summed E-state index contributed by atoms with van der Waals surface area (Å²) in [5.41, 5.74) is 13.4. The first kappa shape index (κ1) is 25.5. The van der Waals surface area contributed by atoms with Gasteiger partial charge in [0.05, 0.1) is 17.2 Å². The van der Waals surface area contributed by atoms with E-state index in [9.17, 15) is 4.79 Å². The molecule has 4 rings (SSSR count). The van der Waals surface area contributed by atoms with Crippen LogP contribution in [0, 0.1) is 0 Å². The monoisotopic (exact) mass is 523 g/mol. The molecule has 0 saturated carbocycles. The highest BCUT2D eigenvalue weighted by molar-refractivity contribution is 7.99. The summed E-state index contributed by atoms with van der Waals surface area (Å²) in [7, 11) is 1.56. The predicted molar refractivity (Wildman–Crippen MR) is 144 cm³/mol. The number of carbonyl (C=O) groups excluding carboxylic acids is 1. The smallest absolute Gasteiger partial charge is 0.257 e. The van der Waals surface area contributed by atoms with Crippen molar-refractivity contribution in [3.8, 4) is 0 Å². The van der Waals surface area contributed by atoms with Crippen LogP contribution in [0.15, 0.2) is 81.4 Å². The molecular formula is C25H26ClN7O2S. The van der Waals surface area contributed by atoms with Crippen LogP contribution in [-0.2, 0) is 4.74 Å². The minimum absolute atomic E-state index is 0.229. The van der Waals surface area contributed by atoms with Gasteiger partial charge in [0, 0.05) is 48.6 Å². The zero-order chi connectivity index (χ0) is 25.5. The Morgan fingerprint density at radius 2 is 1.94 bits per heavy atom. The van der Waals surface area contributed by atoms with E-state index in [1.165, 1.54) is 11.8 Å². The molecule has 2 heterocycles. The maximum absolute atomic E-state index is 12.5. The van der Waals surface area contributed by atoms with Crippen LogP contribution in [0.4, 0.5) is 17.3 Å². The standard InChI is InChI=1S/C25H26ClN7O2S/c1-35-15-16(27)13-21(28)30-22-14-23(33-11-4-12-33)32-25(31-22)36-18-9-7-17(8-10-18)29-24(34)19-5-2-3-6-20(19)26/h2-3,5-10,13-14H,4,11-12,15,27H2,1H3,(H,29,34)(H2,28,30,31,32)/b16-13-. The van der Waals surface area contributed by atoms with Crippen LogP contribution in [0.2, 0.25) is 5.02 Å². The lowest BCUT2D eigenvalue weighted by Crippen LogP contribution is -2.37. The maximum atomic E-state index is 12.5. The summed E-state index contributed by atoms with van der Waals surface area (Å²) < 4.78 is 5.00. The molecule has 1 fully saturated rings. The van der Waals surface area contributed by atoms with Crippen LogP contribution in [0.5, 0.6) is 0 Å². The van der Waals surface area contributed by atoms with Gasteiger partial charge >= 0.3 is 0 Å². The van der Waals surface area contributed by atoms with Crippen molar-refractivity contribution in [3.63, 3.8) is 0 Å². The largest absolute Gasteiger partial charge is 0.400 e. The van der Waals surface area contributed by atoms with E-state index in [1.807, 2.05) is 30.3 Å². The van der Waals surface area contributed by atoms with Gasteiger partial charge in [0.2, 0.25) is 0 Å². The van der Waals surface area contributed by atoms with E-state index in [0.29, 0.717) is 32.9 Å². The molecule has 5 N–H and O–H groups in total. The van der Waals surface area contributed by atoms with Crippen LogP contribution >= 0.6 is 23.4 Å². The summed E-state index contributed by atoms with van der Waals surface area (Å²) in [6.45, 7) is 2.12. The Balaban J connectivity index is 1.50. The van der Waals surface area contributed by atoms with Gasteiger partial charge in [0.15, 0.2) is 11.0 Å². The Morgan fingerprint density at radius 3 is 2.61 bits per heavy atom. The number of aliphatic imine (C=N–C) groups is 1. The molecule has 1 saturated heterocycles. The van der Waals surface area contributed by atoms with E-state index in [2.05, 4.69) is 20.2 Å². The molecule has 2 aromatic carbocycles. The van der Waals surface area contributed by atoms with Crippen LogP contribution < -0.4 is 21.7 Å². The van der Waals surface area contributed by atoms with Gasteiger partial charge in [-0.05, 0) is 54.6 Å². The van der Waals surface area contributed by atoms with Gasteiger partial charge in [0.25, 0.3) is 5.91 Å². The van der Waals surface area contributed by atoms with Crippen molar-refractivity contribution >= 4 is 52.4 Å². The Hall–Kier alpha value is -3.60. The van der Waals surface area contributed by atoms with Gasteiger partial charge in [-0.25, -0.2) is 15.0 Å². The predicted octanol–water partition coefficient (Wildman–Crippen LogP) is 4.22. The summed E-state index contributed by atoms with van der Waals surface area (Å²) in [6, 6.07) is 16.1. The first-order valence-corrected chi connectivity index (χ1v) is 12.4. The third-order valence-electron chi connectivity index (χ3n) is 5.19. The number of hydrogen-bond donors (Lipinski definition) is 3. The number of benzene rings is 2. The van der Waals surface area contributed by atoms with Gasteiger partial charge in [-0.1, -0.05) is 23.7 Å². The van der Waals surface area contributed by atoms with Crippen molar-refractivity contribution in [1.82, 2.24) is 9.97 Å². The lowest BCUT2D eigenvalue weighted by Gasteiger charge is -2.32. The number of amidine groups is 1. The fourth-order valence-electron chi connectivity index (χ4n) is 3.33. The lowest BCUT2D eigenvalue weighted by molar-refractivity contribution is 0.102. The number of anilines is 2. The van der Waals surface area contributed by atoms with Crippen molar-refractivity contribution in [2.24, 2.45) is 16.5 Å². The number of nitrogens with zero attached hydrogens (tertiary/aromatic N) is 4. The van der Waals surface area contributed by atoms with Gasteiger partial charge in [-0.15, -0.1) is 0 Å². The molecule has 0 bridgehead atoms. The highest BCUT2D eigenvalue weighted by atomic mass is 35.5. The van der Waals surface area contributed by atoms with Crippen LogP contribution in [0.1, 0.15) is 16.8 Å². The topological polar surface area (TPSA) is 132 Å². The van der Waals surface area contributed by atoms with Crippen molar-refractivity contribution in [3.05, 3.63) is 77.0 Å². The van der Waals surface area contributed by atoms with E-state index in [-0.39, 0.29) is 18.3 Å². The van der Waals surface area contributed by atoms with E-state index < -0.39 is 0 Å². The average molecular weight is 524 g/mol. The second-order valence-electron chi connectivity index (χ2n) is 7.96. The summed E-state index contributed by atoms with van der Waals surface area (Å²) >= 11 is 7.51. The van der Waals surface area contributed by atoms with Crippen LogP contribution in [0.3, 0.4) is 0 Å². The lowest BCUT2D eigenvalue weighted by atomic mass is 10.2. The fourth-order valence-corrected chi connectivity index (χ4v) is 4.31. The molecule has 0 radical (unpaired) electrons. The molecule has 0 spiro atoms. The van der Waals surface area contributed by atoms with E-state index in [0.717, 1.165) is 30.2 Å². The minimum atomic E-state index is -0.271. The second kappa shape index (κ2) is 11.9. The molecule has 3 aromatic rings. The number of ether oxygens (including phenoxy) is 1. The number of carbonyl (C=O) groups is 1. The molecule has 1 aromatic heterocycles. The van der Waals surface area contributed by atoms with Gasteiger partial charge in [-0.2, -0.15) is 0 Å². The molecule has 0 aliphatic carbocycles. The van der Waals surface area contributed by atoms with E-state index in [1.54, 1.807) is 37.5 Å². The van der Waals surface area contributed by atoms with Crippen molar-refractivity contribution in [2.75, 3.05) is 37.0 Å². The quantitative estimate of drug-likeness (QED) is 0.216. The summed E-state index contributed by atoms with van der Waals surface area (Å²) in [5, 5.41) is 3.79. The van der Waals surface area contributed by atoms with Gasteiger partial charge in [0.1, 0.15) is 11.7 Å². The highest BCUT2D eigenvalue weighted by Crippen LogP contribution is 2.31. The SMILES string of the molecule is COC/C(N)=C/C(N)=Nc1cc(N2CCC2)nc(Sc2ccc(NC(=O)c3ccccc3Cl)cc2)n1. The molecule has 0 atom stereocenters. The molecule has 9 nitrogen and oxygen atoms in total. The first-order chi connectivity index (χ1) is 17.4. The first-order valence-electron chi connectivity index (χ1n) is 11.2. The zero-order valence-corrected chi connectivity index (χ0v) is 21.2. The summed E-state index contributed by atoms with van der Waals surface area (Å²) in [4.78, 5) is 29.2. The number of hydrogen-bond acceptors (Lipinski definition) is 8. The third kappa shape index (κ3) is 6.75. The third-order valence-corrected chi connectivity index (χ3v) is 6.39. The number of aromatic nitrogens is 2. The van der Waals surface area contributed by atoms with E-state index in [4.69, 9.17) is 32.8 Å².